The number of allylic oxidation sites excluding steroid dienone is 1. The topological polar surface area (TPSA) is 102 Å². The van der Waals surface area contributed by atoms with Crippen molar-refractivity contribution in [3.05, 3.63) is 48.3 Å². The molecule has 2 aliphatic rings. The molecule has 0 fully saturated rings. The number of hydrogen-bond donors (Lipinski definition) is 1. The highest BCUT2D eigenvalue weighted by atomic mass is 16.7. The van der Waals surface area contributed by atoms with Crippen molar-refractivity contribution in [3.63, 3.8) is 0 Å². The van der Waals surface area contributed by atoms with Gasteiger partial charge in [0.25, 0.3) is 0 Å². The third-order valence-electron chi connectivity index (χ3n) is 5.23. The maximum Gasteiger partial charge on any atom is 0.373 e. The van der Waals surface area contributed by atoms with Crippen LogP contribution in [0.4, 0.5) is 0 Å². The second-order valence-corrected chi connectivity index (χ2v) is 7.40. The van der Waals surface area contributed by atoms with Crippen LogP contribution < -0.4 is 9.47 Å². The Morgan fingerprint density at radius 3 is 2.73 bits per heavy atom. The molecule has 3 rings (SSSR count). The van der Waals surface area contributed by atoms with E-state index in [1.165, 1.54) is 6.08 Å². The Balaban J connectivity index is 1.79. The number of hydrogen-bond acceptors (Lipinski definition) is 9. The zero-order valence-electron chi connectivity index (χ0n) is 18.9. The standard InChI is InChI=1S/C24H32O9/c1-3-9-30-23(26)22-15-19(17-5-6-20-21(14-17)32-16-31-20)18(24(33-22)29-4-2)7-10-27-12-13-28-11-8-25/h3,5-6,14-15,18-19,24-25H,1,4,7-13,16H2,2H3/t18-,19-,24+/m0/s1. The van der Waals surface area contributed by atoms with Crippen LogP contribution in [-0.2, 0) is 28.5 Å². The van der Waals surface area contributed by atoms with E-state index in [1.807, 2.05) is 25.1 Å². The van der Waals surface area contributed by atoms with Gasteiger partial charge in [-0.1, -0.05) is 18.7 Å². The maximum atomic E-state index is 12.5. The van der Waals surface area contributed by atoms with Crippen molar-refractivity contribution in [2.24, 2.45) is 5.92 Å². The molecule has 9 heteroatoms. The van der Waals surface area contributed by atoms with Crippen molar-refractivity contribution in [3.8, 4) is 11.5 Å². The molecule has 0 saturated heterocycles. The first-order valence-corrected chi connectivity index (χ1v) is 11.1. The van der Waals surface area contributed by atoms with Gasteiger partial charge < -0.3 is 38.3 Å². The van der Waals surface area contributed by atoms with Gasteiger partial charge in [0.05, 0.1) is 26.4 Å². The van der Waals surface area contributed by atoms with Crippen LogP contribution in [0.3, 0.4) is 0 Å². The minimum Gasteiger partial charge on any atom is -0.457 e. The Labute approximate surface area is 193 Å². The first-order valence-electron chi connectivity index (χ1n) is 11.1. The van der Waals surface area contributed by atoms with Gasteiger partial charge >= 0.3 is 5.97 Å². The molecule has 0 saturated carbocycles. The van der Waals surface area contributed by atoms with E-state index in [4.69, 9.17) is 38.3 Å². The van der Waals surface area contributed by atoms with E-state index in [0.717, 1.165) is 5.56 Å². The average molecular weight is 465 g/mol. The Hall–Kier alpha value is -2.59. The zero-order valence-corrected chi connectivity index (χ0v) is 18.9. The predicted molar refractivity (Wildman–Crippen MR) is 118 cm³/mol. The van der Waals surface area contributed by atoms with Gasteiger partial charge in [0, 0.05) is 25.0 Å². The Bertz CT molecular complexity index is 807. The third-order valence-corrected chi connectivity index (χ3v) is 5.23. The average Bonchev–Trinajstić information content (AvgIpc) is 3.30. The molecule has 0 spiro atoms. The van der Waals surface area contributed by atoms with E-state index in [-0.39, 0.29) is 44.2 Å². The Morgan fingerprint density at radius 2 is 1.97 bits per heavy atom. The smallest absolute Gasteiger partial charge is 0.373 e. The van der Waals surface area contributed by atoms with Crippen molar-refractivity contribution in [1.82, 2.24) is 0 Å². The van der Waals surface area contributed by atoms with Crippen LogP contribution >= 0.6 is 0 Å². The summed E-state index contributed by atoms with van der Waals surface area (Å²) in [5, 5.41) is 8.77. The number of rotatable bonds is 14. The lowest BCUT2D eigenvalue weighted by atomic mass is 9.81. The van der Waals surface area contributed by atoms with E-state index in [0.29, 0.717) is 44.3 Å². The van der Waals surface area contributed by atoms with Crippen LogP contribution in [0, 0.1) is 5.92 Å². The molecular formula is C24H32O9. The summed E-state index contributed by atoms with van der Waals surface area (Å²) in [7, 11) is 0. The molecule has 1 aromatic rings. The minimum atomic E-state index is -0.657. The van der Waals surface area contributed by atoms with E-state index in [9.17, 15) is 4.79 Å². The molecule has 0 bridgehead atoms. The number of fused-ring (bicyclic) bond motifs is 1. The second kappa shape index (κ2) is 13.2. The lowest BCUT2D eigenvalue weighted by Crippen LogP contribution is -2.37. The molecule has 33 heavy (non-hydrogen) atoms. The molecule has 0 radical (unpaired) electrons. The van der Waals surface area contributed by atoms with Gasteiger partial charge in [-0.2, -0.15) is 0 Å². The Kier molecular flexibility index (Phi) is 10.0. The van der Waals surface area contributed by atoms with Gasteiger partial charge in [-0.15, -0.1) is 0 Å². The molecule has 1 N–H and O–H groups in total. The van der Waals surface area contributed by atoms with Gasteiger partial charge in [0.15, 0.2) is 11.5 Å². The van der Waals surface area contributed by atoms with Crippen molar-refractivity contribution in [2.75, 3.05) is 53.0 Å². The van der Waals surface area contributed by atoms with Crippen LogP contribution in [0.2, 0.25) is 0 Å². The number of ether oxygens (including phenoxy) is 7. The molecule has 2 heterocycles. The highest BCUT2D eigenvalue weighted by Crippen LogP contribution is 2.42. The summed E-state index contributed by atoms with van der Waals surface area (Å²) in [6, 6.07) is 5.73. The summed E-state index contributed by atoms with van der Waals surface area (Å²) in [5.74, 6) is 0.551. The number of carbonyl (C=O) groups excluding carboxylic acids is 1. The van der Waals surface area contributed by atoms with E-state index in [1.54, 1.807) is 6.08 Å². The number of aliphatic hydroxyl groups excluding tert-OH is 1. The SMILES string of the molecule is C=CCOC(=O)C1=C[C@@H](c2ccc3c(c2)OCO3)[C@H](CCOCCOCCO)[C@H](OCC)O1. The molecule has 0 amide bonds. The van der Waals surface area contributed by atoms with Crippen molar-refractivity contribution in [1.29, 1.82) is 0 Å². The number of benzene rings is 1. The van der Waals surface area contributed by atoms with Crippen molar-refractivity contribution >= 4 is 5.97 Å². The number of aliphatic hydroxyl groups is 1. The molecule has 0 unspecified atom stereocenters. The third kappa shape index (κ3) is 6.94. The highest BCUT2D eigenvalue weighted by Gasteiger charge is 2.39. The molecule has 182 valence electrons. The molecule has 2 aliphatic heterocycles. The fraction of sp³-hybridized carbons (Fsp3) is 0.542. The molecule has 0 aliphatic carbocycles. The monoisotopic (exact) mass is 464 g/mol. The summed E-state index contributed by atoms with van der Waals surface area (Å²) in [6.45, 7) is 7.66. The largest absolute Gasteiger partial charge is 0.457 e. The van der Waals surface area contributed by atoms with Crippen LogP contribution in [0.5, 0.6) is 11.5 Å². The van der Waals surface area contributed by atoms with Gasteiger partial charge in [-0.25, -0.2) is 4.79 Å². The van der Waals surface area contributed by atoms with Crippen LogP contribution in [0.1, 0.15) is 24.8 Å². The van der Waals surface area contributed by atoms with E-state index >= 15 is 0 Å². The molecule has 0 aromatic heterocycles. The molecule has 9 nitrogen and oxygen atoms in total. The predicted octanol–water partition coefficient (Wildman–Crippen LogP) is 2.54. The summed E-state index contributed by atoms with van der Waals surface area (Å²) < 4.78 is 38.9. The number of esters is 1. The number of carbonyl (C=O) groups is 1. The fourth-order valence-corrected chi connectivity index (χ4v) is 3.74. The summed E-state index contributed by atoms with van der Waals surface area (Å²) in [6.07, 6.45) is 3.24. The van der Waals surface area contributed by atoms with Gasteiger partial charge in [-0.05, 0) is 37.1 Å². The maximum absolute atomic E-state index is 12.5. The lowest BCUT2D eigenvalue weighted by Gasteiger charge is -2.36. The summed E-state index contributed by atoms with van der Waals surface area (Å²) in [4.78, 5) is 12.5. The second-order valence-electron chi connectivity index (χ2n) is 7.40. The van der Waals surface area contributed by atoms with Crippen LogP contribution in [0.15, 0.2) is 42.7 Å². The Morgan fingerprint density at radius 1 is 1.18 bits per heavy atom. The zero-order chi connectivity index (χ0) is 23.5. The van der Waals surface area contributed by atoms with E-state index < -0.39 is 12.3 Å². The minimum absolute atomic E-state index is 0.0173. The fourth-order valence-electron chi connectivity index (χ4n) is 3.74. The first-order chi connectivity index (χ1) is 16.2. The van der Waals surface area contributed by atoms with Gasteiger partial charge in [-0.3, -0.25) is 0 Å². The lowest BCUT2D eigenvalue weighted by molar-refractivity contribution is -0.176. The normalized spacial score (nSPS) is 21.3. The van der Waals surface area contributed by atoms with Crippen molar-refractivity contribution < 1.29 is 43.1 Å². The van der Waals surface area contributed by atoms with Gasteiger partial charge in [0.2, 0.25) is 18.8 Å². The highest BCUT2D eigenvalue weighted by molar-refractivity contribution is 5.86. The van der Waals surface area contributed by atoms with Crippen LogP contribution in [-0.4, -0.2) is 70.4 Å². The van der Waals surface area contributed by atoms with Crippen LogP contribution in [0.25, 0.3) is 0 Å². The summed E-state index contributed by atoms with van der Waals surface area (Å²) >= 11 is 0. The molecule has 1 aromatic carbocycles. The summed E-state index contributed by atoms with van der Waals surface area (Å²) in [5.41, 5.74) is 0.942. The quantitative estimate of drug-likeness (QED) is 0.253. The molecular weight excluding hydrogens is 432 g/mol. The van der Waals surface area contributed by atoms with E-state index in [2.05, 4.69) is 6.58 Å². The molecule has 3 atom stereocenters. The van der Waals surface area contributed by atoms with Gasteiger partial charge in [0.1, 0.15) is 6.61 Å². The van der Waals surface area contributed by atoms with Crippen molar-refractivity contribution in [2.45, 2.75) is 25.6 Å². The first kappa shape index (κ1) is 25.0.